The molecule has 0 aromatic heterocycles. The molecule has 2 aromatic rings. The van der Waals surface area contributed by atoms with Crippen LogP contribution in [0.2, 0.25) is 5.02 Å². The van der Waals surface area contributed by atoms with Gasteiger partial charge in [0, 0.05) is 35.2 Å². The van der Waals surface area contributed by atoms with E-state index in [9.17, 15) is 23.5 Å². The summed E-state index contributed by atoms with van der Waals surface area (Å²) in [4.78, 5) is 25.0. The van der Waals surface area contributed by atoms with E-state index in [2.05, 4.69) is 10.6 Å². The number of aliphatic hydroxyl groups is 1. The van der Waals surface area contributed by atoms with Crippen molar-refractivity contribution >= 4 is 23.4 Å². The van der Waals surface area contributed by atoms with Gasteiger partial charge in [-0.15, -0.1) is 0 Å². The number of hydrogen-bond acceptors (Lipinski definition) is 5. The van der Waals surface area contributed by atoms with Crippen LogP contribution in [0.3, 0.4) is 0 Å². The zero-order valence-electron chi connectivity index (χ0n) is 17.4. The van der Waals surface area contributed by atoms with Crippen LogP contribution >= 0.6 is 11.6 Å². The summed E-state index contributed by atoms with van der Waals surface area (Å²) in [5.41, 5.74) is -0.376. The molecule has 33 heavy (non-hydrogen) atoms. The number of ether oxygens (including phenoxy) is 2. The Hall–Kier alpha value is -2.91. The smallest absolute Gasteiger partial charge is 0.261 e. The highest BCUT2D eigenvalue weighted by molar-refractivity contribution is 6.30. The molecular formula is C23H21ClF2N2O5. The highest BCUT2D eigenvalue weighted by Gasteiger charge is 2.69. The second-order valence-corrected chi connectivity index (χ2v) is 9.44. The van der Waals surface area contributed by atoms with E-state index in [1.807, 2.05) is 0 Å². The normalized spacial score (nSPS) is 29.0. The van der Waals surface area contributed by atoms with Crippen LogP contribution in [-0.2, 0) is 9.59 Å². The van der Waals surface area contributed by atoms with Crippen LogP contribution in [0.15, 0.2) is 36.4 Å². The van der Waals surface area contributed by atoms with Crippen LogP contribution in [0.5, 0.6) is 11.5 Å². The van der Waals surface area contributed by atoms with Crippen LogP contribution in [0.4, 0.5) is 8.78 Å². The summed E-state index contributed by atoms with van der Waals surface area (Å²) in [7, 11) is 0. The first-order valence-corrected chi connectivity index (χ1v) is 10.9. The maximum atomic E-state index is 13.5. The van der Waals surface area contributed by atoms with Crippen LogP contribution in [-0.4, -0.2) is 40.7 Å². The third-order valence-electron chi connectivity index (χ3n) is 6.42. The number of aliphatic hydroxyl groups excluding tert-OH is 1. The standard InChI is InChI=1S/C23H21ClF2N2O5/c24-15-4-2-13(6-16(15)26)32-8-20(30)27-22-9-23(10-22,11-22)28-21(31)19-7-17(29)14-3-1-12(25)5-18(14)33-19/h1-6,17,19,29H,7-11H2,(H,27,30)(H,28,31). The molecular weight excluding hydrogens is 458 g/mol. The SMILES string of the molecule is O=C(COc1ccc(Cl)c(F)c1)NC12CC(NC(=O)C3CC(O)c4ccc(F)cc4O3)(C1)C2. The van der Waals surface area contributed by atoms with E-state index in [4.69, 9.17) is 21.1 Å². The zero-order chi connectivity index (χ0) is 23.4. The third-order valence-corrected chi connectivity index (χ3v) is 6.72. The Morgan fingerprint density at radius 3 is 2.58 bits per heavy atom. The van der Waals surface area contributed by atoms with Gasteiger partial charge >= 0.3 is 0 Å². The lowest BCUT2D eigenvalue weighted by molar-refractivity contribution is -0.155. The van der Waals surface area contributed by atoms with E-state index in [1.165, 1.54) is 24.3 Å². The Morgan fingerprint density at radius 2 is 1.85 bits per heavy atom. The average molecular weight is 479 g/mol. The number of halogens is 3. The molecule has 0 saturated heterocycles. The van der Waals surface area contributed by atoms with Crippen molar-refractivity contribution in [2.75, 3.05) is 6.61 Å². The molecule has 2 atom stereocenters. The monoisotopic (exact) mass is 478 g/mol. The number of amides is 2. The van der Waals surface area contributed by atoms with Gasteiger partial charge in [0.25, 0.3) is 11.8 Å². The summed E-state index contributed by atoms with van der Waals surface area (Å²) >= 11 is 5.62. The van der Waals surface area contributed by atoms with Crippen molar-refractivity contribution in [3.8, 4) is 11.5 Å². The number of nitrogens with one attached hydrogen (secondary N) is 2. The Kier molecular flexibility index (Phi) is 5.21. The van der Waals surface area contributed by atoms with Gasteiger partial charge in [-0.3, -0.25) is 9.59 Å². The maximum absolute atomic E-state index is 13.5. The van der Waals surface area contributed by atoms with E-state index in [-0.39, 0.29) is 41.4 Å². The number of benzene rings is 2. The lowest BCUT2D eigenvalue weighted by Crippen LogP contribution is -2.84. The first-order valence-electron chi connectivity index (χ1n) is 10.5. The summed E-state index contributed by atoms with van der Waals surface area (Å²) in [6, 6.07) is 7.77. The minimum absolute atomic E-state index is 0.0301. The summed E-state index contributed by atoms with van der Waals surface area (Å²) < 4.78 is 37.9. The fourth-order valence-electron chi connectivity index (χ4n) is 5.02. The molecule has 3 saturated carbocycles. The second-order valence-electron chi connectivity index (χ2n) is 9.03. The third kappa shape index (κ3) is 4.11. The number of fused-ring (bicyclic) bond motifs is 1. The highest BCUT2D eigenvalue weighted by atomic mass is 35.5. The van der Waals surface area contributed by atoms with Gasteiger partial charge in [0.05, 0.1) is 11.1 Å². The molecule has 3 N–H and O–H groups in total. The molecule has 1 aliphatic heterocycles. The van der Waals surface area contributed by atoms with Crippen molar-refractivity contribution in [1.82, 2.24) is 10.6 Å². The van der Waals surface area contributed by atoms with Gasteiger partial charge in [0.1, 0.15) is 23.1 Å². The first kappa shape index (κ1) is 21.9. The topological polar surface area (TPSA) is 96.9 Å². The largest absolute Gasteiger partial charge is 0.484 e. The average Bonchev–Trinajstić information content (AvgIpc) is 2.71. The molecule has 2 unspecified atom stereocenters. The van der Waals surface area contributed by atoms with E-state index in [0.717, 1.165) is 12.1 Å². The van der Waals surface area contributed by atoms with Crippen molar-refractivity contribution in [3.05, 3.63) is 58.6 Å². The molecule has 7 nitrogen and oxygen atoms in total. The molecule has 4 aliphatic rings. The minimum Gasteiger partial charge on any atom is -0.484 e. The number of hydrogen-bond donors (Lipinski definition) is 3. The molecule has 6 rings (SSSR count). The van der Waals surface area contributed by atoms with Gasteiger partial charge in [0.15, 0.2) is 12.7 Å². The number of rotatable bonds is 6. The molecule has 0 radical (unpaired) electrons. The van der Waals surface area contributed by atoms with E-state index < -0.39 is 34.9 Å². The Bertz CT molecular complexity index is 1120. The quantitative estimate of drug-likeness (QED) is 0.593. The van der Waals surface area contributed by atoms with Crippen LogP contribution in [0.25, 0.3) is 0 Å². The van der Waals surface area contributed by atoms with Gasteiger partial charge in [-0.05, 0) is 43.5 Å². The molecule has 2 aromatic carbocycles. The van der Waals surface area contributed by atoms with Gasteiger partial charge in [-0.25, -0.2) is 8.78 Å². The molecule has 0 spiro atoms. The second kappa shape index (κ2) is 7.85. The van der Waals surface area contributed by atoms with Gasteiger partial charge in [0.2, 0.25) is 0 Å². The van der Waals surface area contributed by atoms with Crippen LogP contribution in [0, 0.1) is 11.6 Å². The Morgan fingerprint density at radius 1 is 1.12 bits per heavy atom. The molecule has 1 heterocycles. The number of carbonyl (C=O) groups excluding carboxylic acids is 2. The predicted octanol–water partition coefficient (Wildman–Crippen LogP) is 2.79. The van der Waals surface area contributed by atoms with Crippen LogP contribution in [0.1, 0.15) is 37.4 Å². The van der Waals surface area contributed by atoms with Crippen molar-refractivity contribution < 1.29 is 33.0 Å². The maximum Gasteiger partial charge on any atom is 0.261 e. The van der Waals surface area contributed by atoms with Crippen molar-refractivity contribution in [2.24, 2.45) is 0 Å². The van der Waals surface area contributed by atoms with Crippen molar-refractivity contribution in [3.63, 3.8) is 0 Å². The fraction of sp³-hybridized carbons (Fsp3) is 0.391. The van der Waals surface area contributed by atoms with Gasteiger partial charge in [-0.1, -0.05) is 11.6 Å². The predicted molar refractivity (Wildman–Crippen MR) is 113 cm³/mol. The van der Waals surface area contributed by atoms with Crippen molar-refractivity contribution in [2.45, 2.75) is 49.0 Å². The highest BCUT2D eigenvalue weighted by Crippen LogP contribution is 2.60. The molecule has 3 aliphatic carbocycles. The van der Waals surface area contributed by atoms with E-state index in [1.54, 1.807) is 0 Å². The summed E-state index contributed by atoms with van der Waals surface area (Å²) in [5, 5.41) is 16.1. The van der Waals surface area contributed by atoms with Crippen molar-refractivity contribution in [1.29, 1.82) is 0 Å². The summed E-state index contributed by atoms with van der Waals surface area (Å²) in [5.74, 6) is -1.50. The molecule has 2 bridgehead atoms. The fourth-order valence-corrected chi connectivity index (χ4v) is 5.14. The lowest BCUT2D eigenvalue weighted by atomic mass is 9.44. The zero-order valence-corrected chi connectivity index (χ0v) is 18.1. The van der Waals surface area contributed by atoms with E-state index >= 15 is 0 Å². The van der Waals surface area contributed by atoms with Gasteiger partial charge < -0.3 is 25.2 Å². The Balaban J connectivity index is 1.10. The molecule has 3 fully saturated rings. The van der Waals surface area contributed by atoms with E-state index in [0.29, 0.717) is 24.8 Å². The number of carbonyl (C=O) groups is 2. The molecule has 2 amide bonds. The molecule has 10 heteroatoms. The summed E-state index contributed by atoms with van der Waals surface area (Å²) in [6.07, 6.45) is -0.0837. The minimum atomic E-state index is -0.929. The first-order chi connectivity index (χ1) is 15.7. The summed E-state index contributed by atoms with van der Waals surface area (Å²) in [6.45, 7) is -0.272. The Labute approximate surface area is 193 Å². The molecule has 174 valence electrons. The van der Waals surface area contributed by atoms with Gasteiger partial charge in [-0.2, -0.15) is 0 Å². The van der Waals surface area contributed by atoms with Crippen LogP contribution < -0.4 is 20.1 Å². The lowest BCUT2D eigenvalue weighted by Gasteiger charge is -2.70.